The van der Waals surface area contributed by atoms with Gasteiger partial charge in [-0.1, -0.05) is 12.1 Å². The zero-order chi connectivity index (χ0) is 18.9. The fourth-order valence-electron chi connectivity index (χ4n) is 4.14. The van der Waals surface area contributed by atoms with E-state index < -0.39 is 5.54 Å². The molecule has 2 aromatic carbocycles. The lowest BCUT2D eigenvalue weighted by molar-refractivity contribution is 0.522. The highest BCUT2D eigenvalue weighted by Crippen LogP contribution is 2.43. The maximum Gasteiger partial charge on any atom is 0.162 e. The number of fused-ring (bicyclic) bond motifs is 4. The molecule has 136 valence electrons. The predicted octanol–water partition coefficient (Wildman–Crippen LogP) is 4.83. The fraction of sp³-hybridized carbons (Fsp3) is 0.238. The lowest BCUT2D eigenvalue weighted by Gasteiger charge is -2.34. The molecule has 5 rings (SSSR count). The third kappa shape index (κ3) is 2.10. The molecule has 27 heavy (non-hydrogen) atoms. The first-order valence-electron chi connectivity index (χ1n) is 8.99. The average Bonchev–Trinajstić information content (AvgIpc) is 3.22. The van der Waals surface area contributed by atoms with Crippen LogP contribution >= 0.6 is 0 Å². The summed E-state index contributed by atoms with van der Waals surface area (Å²) in [5, 5.41) is 12.9. The molecule has 0 atom stereocenters. The number of halogens is 1. The lowest BCUT2D eigenvalue weighted by Crippen LogP contribution is -2.36. The fourth-order valence-corrected chi connectivity index (χ4v) is 4.14. The zero-order valence-corrected chi connectivity index (χ0v) is 15.7. The minimum atomic E-state index is -0.435. The summed E-state index contributed by atoms with van der Waals surface area (Å²) in [6.07, 6.45) is 1.88. The molecular weight excluding hydrogens is 341 g/mol. The van der Waals surface area contributed by atoms with Crippen molar-refractivity contribution in [2.24, 2.45) is 0 Å². The molecule has 0 amide bonds. The number of rotatable bonds is 1. The Balaban J connectivity index is 1.87. The predicted molar refractivity (Wildman–Crippen MR) is 105 cm³/mol. The van der Waals surface area contributed by atoms with E-state index in [1.807, 2.05) is 68.8 Å². The number of aromatic nitrogens is 4. The number of aryl methyl sites for hydroxylation is 2. The van der Waals surface area contributed by atoms with Crippen molar-refractivity contribution in [3.8, 4) is 16.8 Å². The van der Waals surface area contributed by atoms with Crippen LogP contribution < -0.4 is 5.32 Å². The highest BCUT2D eigenvalue weighted by molar-refractivity contribution is 5.97. The molecule has 0 bridgehead atoms. The highest BCUT2D eigenvalue weighted by atomic mass is 19.1. The topological polar surface area (TPSA) is 58.5 Å². The Bertz CT molecular complexity index is 1220. The molecule has 2 N–H and O–H groups in total. The van der Waals surface area contributed by atoms with Crippen LogP contribution in [0.25, 0.3) is 27.7 Å². The summed E-state index contributed by atoms with van der Waals surface area (Å²) in [5.41, 5.74) is 4.18. The van der Waals surface area contributed by atoms with E-state index in [4.69, 9.17) is 0 Å². The Kier molecular flexibility index (Phi) is 3.09. The summed E-state index contributed by atoms with van der Waals surface area (Å²) in [4.78, 5) is 3.20. The van der Waals surface area contributed by atoms with E-state index in [1.54, 1.807) is 0 Å². The van der Waals surface area contributed by atoms with E-state index in [9.17, 15) is 0 Å². The van der Waals surface area contributed by atoms with Gasteiger partial charge in [-0.3, -0.25) is 4.57 Å². The van der Waals surface area contributed by atoms with Crippen LogP contribution in [0.4, 0.5) is 10.1 Å². The van der Waals surface area contributed by atoms with Crippen LogP contribution in [-0.2, 0) is 5.54 Å². The molecule has 0 aliphatic carbocycles. The van der Waals surface area contributed by atoms with Crippen LogP contribution in [0, 0.1) is 19.7 Å². The van der Waals surface area contributed by atoms with E-state index in [1.165, 1.54) is 0 Å². The molecule has 0 radical (unpaired) electrons. The van der Waals surface area contributed by atoms with Crippen molar-refractivity contribution in [2.45, 2.75) is 33.2 Å². The number of H-pyrrole nitrogens is 1. The van der Waals surface area contributed by atoms with Gasteiger partial charge in [0, 0.05) is 22.7 Å². The maximum atomic E-state index is 16.0. The standard InChI is InChI=1S/C21H20FN5/c1-11-10-16-19(27-12(2)25-26-20(27)21(3,4)24-16)18(22)17(11)14-6-5-7-15-13(14)8-9-23-15/h5-10,23-24H,1-4H3. The molecule has 0 unspecified atom stereocenters. The number of hydrogen-bond acceptors (Lipinski definition) is 3. The van der Waals surface area contributed by atoms with Crippen molar-refractivity contribution < 1.29 is 4.39 Å². The van der Waals surface area contributed by atoms with E-state index in [0.29, 0.717) is 22.9 Å². The summed E-state index contributed by atoms with van der Waals surface area (Å²) in [5.74, 6) is 1.13. The van der Waals surface area contributed by atoms with E-state index in [2.05, 4.69) is 20.5 Å². The van der Waals surface area contributed by atoms with Crippen LogP contribution in [0.5, 0.6) is 0 Å². The van der Waals surface area contributed by atoms with Crippen molar-refractivity contribution in [3.63, 3.8) is 0 Å². The van der Waals surface area contributed by atoms with Crippen LogP contribution in [0.1, 0.15) is 31.1 Å². The van der Waals surface area contributed by atoms with Crippen molar-refractivity contribution in [1.29, 1.82) is 0 Å². The van der Waals surface area contributed by atoms with Gasteiger partial charge in [0.1, 0.15) is 11.5 Å². The molecule has 4 aromatic rings. The zero-order valence-electron chi connectivity index (χ0n) is 15.7. The molecule has 1 aliphatic heterocycles. The highest BCUT2D eigenvalue weighted by Gasteiger charge is 2.36. The minimum Gasteiger partial charge on any atom is -0.371 e. The summed E-state index contributed by atoms with van der Waals surface area (Å²) >= 11 is 0. The van der Waals surface area contributed by atoms with Gasteiger partial charge in [-0.15, -0.1) is 10.2 Å². The summed E-state index contributed by atoms with van der Waals surface area (Å²) in [6.45, 7) is 7.86. The quantitative estimate of drug-likeness (QED) is 0.510. The molecule has 1 aliphatic rings. The minimum absolute atomic E-state index is 0.258. The molecule has 0 spiro atoms. The van der Waals surface area contributed by atoms with Gasteiger partial charge in [-0.25, -0.2) is 4.39 Å². The van der Waals surface area contributed by atoms with Gasteiger partial charge in [-0.2, -0.15) is 0 Å². The number of hydrogen-bond donors (Lipinski definition) is 2. The molecule has 6 heteroatoms. The van der Waals surface area contributed by atoms with Crippen molar-refractivity contribution in [1.82, 2.24) is 19.7 Å². The van der Waals surface area contributed by atoms with Crippen LogP contribution in [0.3, 0.4) is 0 Å². The van der Waals surface area contributed by atoms with Crippen LogP contribution in [-0.4, -0.2) is 19.7 Å². The van der Waals surface area contributed by atoms with E-state index in [-0.39, 0.29) is 5.82 Å². The molecule has 2 aromatic heterocycles. The van der Waals surface area contributed by atoms with Gasteiger partial charge in [0.25, 0.3) is 0 Å². The molecule has 0 saturated carbocycles. The Hall–Kier alpha value is -3.15. The SMILES string of the molecule is Cc1cc2c(c(F)c1-c1cccc3[nH]ccc13)-n1c(C)nnc1C(C)(C)N2. The number of benzene rings is 2. The number of aromatic amines is 1. The summed E-state index contributed by atoms with van der Waals surface area (Å²) in [7, 11) is 0. The Morgan fingerprint density at radius 2 is 1.93 bits per heavy atom. The summed E-state index contributed by atoms with van der Waals surface area (Å²) in [6, 6.07) is 9.91. The van der Waals surface area contributed by atoms with Gasteiger partial charge in [0.15, 0.2) is 11.6 Å². The second kappa shape index (κ2) is 5.19. The smallest absolute Gasteiger partial charge is 0.162 e. The first-order valence-corrected chi connectivity index (χ1v) is 8.99. The van der Waals surface area contributed by atoms with Gasteiger partial charge < -0.3 is 10.3 Å². The largest absolute Gasteiger partial charge is 0.371 e. The average molecular weight is 361 g/mol. The van der Waals surface area contributed by atoms with Crippen molar-refractivity contribution in [3.05, 3.63) is 59.6 Å². The summed E-state index contributed by atoms with van der Waals surface area (Å²) < 4.78 is 17.8. The molecule has 0 fully saturated rings. The Morgan fingerprint density at radius 1 is 1.11 bits per heavy atom. The second-order valence-corrected chi connectivity index (χ2v) is 7.68. The molecule has 3 heterocycles. The van der Waals surface area contributed by atoms with Crippen LogP contribution in [0.15, 0.2) is 36.5 Å². The Labute approximate surface area is 156 Å². The van der Waals surface area contributed by atoms with Gasteiger partial charge in [0.05, 0.1) is 11.2 Å². The van der Waals surface area contributed by atoms with Gasteiger partial charge >= 0.3 is 0 Å². The number of nitrogens with one attached hydrogen (secondary N) is 2. The third-order valence-electron chi connectivity index (χ3n) is 5.36. The molecular formula is C21H20FN5. The first kappa shape index (κ1) is 16.1. The third-order valence-corrected chi connectivity index (χ3v) is 5.36. The van der Waals surface area contributed by atoms with Crippen LogP contribution in [0.2, 0.25) is 0 Å². The van der Waals surface area contributed by atoms with Gasteiger partial charge in [0.2, 0.25) is 0 Å². The van der Waals surface area contributed by atoms with E-state index >= 15 is 4.39 Å². The van der Waals surface area contributed by atoms with Crippen molar-refractivity contribution in [2.75, 3.05) is 5.32 Å². The molecule has 5 nitrogen and oxygen atoms in total. The first-order chi connectivity index (χ1) is 12.9. The molecule has 0 saturated heterocycles. The van der Waals surface area contributed by atoms with E-state index in [0.717, 1.165) is 27.7 Å². The maximum absolute atomic E-state index is 16.0. The number of nitrogens with zero attached hydrogens (tertiary/aromatic N) is 3. The normalized spacial score (nSPS) is 14.7. The Morgan fingerprint density at radius 3 is 2.74 bits per heavy atom. The monoisotopic (exact) mass is 361 g/mol. The van der Waals surface area contributed by atoms with Gasteiger partial charge in [-0.05, 0) is 57.0 Å². The lowest BCUT2D eigenvalue weighted by atomic mass is 9.92. The number of anilines is 1. The second-order valence-electron chi connectivity index (χ2n) is 7.68. The van der Waals surface area contributed by atoms with Crippen molar-refractivity contribution >= 4 is 16.6 Å².